The summed E-state index contributed by atoms with van der Waals surface area (Å²) >= 11 is 0. The minimum absolute atomic E-state index is 0.0400. The maximum atomic E-state index is 12.5. The summed E-state index contributed by atoms with van der Waals surface area (Å²) in [5, 5.41) is 2.89. The molecular formula is C23H23NO4. The third-order valence-electron chi connectivity index (χ3n) is 5.31. The predicted octanol–water partition coefficient (Wildman–Crippen LogP) is 3.88. The summed E-state index contributed by atoms with van der Waals surface area (Å²) in [5.41, 5.74) is 3.52. The standard InChI is InChI=1S/C23H23NO4/c1-27-21-12-16(10-11-20(21)28-14-15-6-3-2-4-7-15)17-13-22(26)24-18-8-5-9-19(25)23(17)18/h2-4,6-7,10-12,17H,5,8-9,13-14H2,1H3,(H,24,26)/t17-/m0/s1. The van der Waals surface area contributed by atoms with Gasteiger partial charge in [-0.25, -0.2) is 0 Å². The Morgan fingerprint density at radius 2 is 1.86 bits per heavy atom. The first-order valence-electron chi connectivity index (χ1n) is 9.56. The lowest BCUT2D eigenvalue weighted by Gasteiger charge is -2.31. The SMILES string of the molecule is COc1cc([C@@H]2CC(=O)NC3=C2C(=O)CCC3)ccc1OCc1ccccc1. The van der Waals surface area contributed by atoms with Crippen molar-refractivity contribution in [2.45, 2.75) is 38.2 Å². The molecule has 144 valence electrons. The lowest BCUT2D eigenvalue weighted by Crippen LogP contribution is -2.36. The number of benzene rings is 2. The molecule has 1 heterocycles. The van der Waals surface area contributed by atoms with Gasteiger partial charge >= 0.3 is 0 Å². The topological polar surface area (TPSA) is 64.6 Å². The third kappa shape index (κ3) is 3.65. The van der Waals surface area contributed by atoms with E-state index < -0.39 is 0 Å². The molecule has 0 saturated heterocycles. The number of ether oxygens (including phenoxy) is 2. The zero-order chi connectivity index (χ0) is 19.5. The molecule has 0 bridgehead atoms. The predicted molar refractivity (Wildman–Crippen MR) is 105 cm³/mol. The number of carbonyl (C=O) groups is 2. The minimum Gasteiger partial charge on any atom is -0.493 e. The maximum absolute atomic E-state index is 12.5. The quantitative estimate of drug-likeness (QED) is 0.859. The molecule has 0 spiro atoms. The van der Waals surface area contributed by atoms with Crippen LogP contribution in [-0.4, -0.2) is 18.8 Å². The number of Topliss-reactive ketones (excluding diaryl/α,β-unsaturated/α-hetero) is 1. The first kappa shape index (κ1) is 18.3. The number of hydrogen-bond donors (Lipinski definition) is 1. The number of rotatable bonds is 5. The average Bonchev–Trinajstić information content (AvgIpc) is 2.72. The van der Waals surface area contributed by atoms with E-state index in [1.165, 1.54) is 0 Å². The second-order valence-electron chi connectivity index (χ2n) is 7.16. The maximum Gasteiger partial charge on any atom is 0.225 e. The summed E-state index contributed by atoms with van der Waals surface area (Å²) < 4.78 is 11.5. The number of hydrogen-bond acceptors (Lipinski definition) is 4. The van der Waals surface area contributed by atoms with E-state index in [2.05, 4.69) is 5.32 Å². The highest BCUT2D eigenvalue weighted by Crippen LogP contribution is 2.40. The van der Waals surface area contributed by atoms with Crippen molar-refractivity contribution in [1.29, 1.82) is 0 Å². The van der Waals surface area contributed by atoms with Crippen LogP contribution in [0.5, 0.6) is 11.5 Å². The normalized spacial score (nSPS) is 19.1. The van der Waals surface area contributed by atoms with Crippen molar-refractivity contribution < 1.29 is 19.1 Å². The number of allylic oxidation sites excluding steroid dienone is 2. The molecule has 5 nitrogen and oxygen atoms in total. The molecule has 1 amide bonds. The Morgan fingerprint density at radius 1 is 1.04 bits per heavy atom. The molecule has 5 heteroatoms. The van der Waals surface area contributed by atoms with Crippen molar-refractivity contribution in [3.63, 3.8) is 0 Å². The number of nitrogens with one attached hydrogen (secondary N) is 1. The second-order valence-corrected chi connectivity index (χ2v) is 7.16. The van der Waals surface area contributed by atoms with Crippen molar-refractivity contribution in [2.75, 3.05) is 7.11 Å². The lowest BCUT2D eigenvalue weighted by molar-refractivity contribution is -0.122. The van der Waals surface area contributed by atoms with Gasteiger partial charge in [-0.2, -0.15) is 0 Å². The van der Waals surface area contributed by atoms with Gasteiger partial charge in [0.1, 0.15) is 6.61 Å². The fourth-order valence-corrected chi connectivity index (χ4v) is 3.94. The molecule has 1 aliphatic carbocycles. The summed E-state index contributed by atoms with van der Waals surface area (Å²) in [6.45, 7) is 0.441. The van der Waals surface area contributed by atoms with E-state index in [9.17, 15) is 9.59 Å². The average molecular weight is 377 g/mol. The van der Waals surface area contributed by atoms with Gasteiger partial charge in [-0.15, -0.1) is 0 Å². The molecule has 2 aliphatic rings. The molecule has 0 unspecified atom stereocenters. The monoisotopic (exact) mass is 377 g/mol. The Labute approximate surface area is 164 Å². The zero-order valence-electron chi connectivity index (χ0n) is 15.9. The summed E-state index contributed by atoms with van der Waals surface area (Å²) in [7, 11) is 1.60. The summed E-state index contributed by atoms with van der Waals surface area (Å²) in [5.74, 6) is 1.11. The van der Waals surface area contributed by atoms with E-state index in [0.29, 0.717) is 24.5 Å². The Hall–Kier alpha value is -3.08. The lowest BCUT2D eigenvalue weighted by atomic mass is 9.78. The first-order chi connectivity index (χ1) is 13.7. The summed E-state index contributed by atoms with van der Waals surface area (Å²) in [6, 6.07) is 15.6. The van der Waals surface area contributed by atoms with Crippen molar-refractivity contribution in [3.8, 4) is 11.5 Å². The second kappa shape index (κ2) is 7.89. The van der Waals surface area contributed by atoms with Crippen LogP contribution >= 0.6 is 0 Å². The number of amides is 1. The molecule has 1 aliphatic heterocycles. The Balaban J connectivity index is 1.61. The van der Waals surface area contributed by atoms with E-state index >= 15 is 0 Å². The molecule has 2 aromatic carbocycles. The van der Waals surface area contributed by atoms with E-state index in [0.717, 1.165) is 35.2 Å². The number of ketones is 1. The van der Waals surface area contributed by atoms with E-state index in [4.69, 9.17) is 9.47 Å². The van der Waals surface area contributed by atoms with Crippen molar-refractivity contribution in [3.05, 3.63) is 70.9 Å². The van der Waals surface area contributed by atoms with E-state index in [1.54, 1.807) is 7.11 Å². The fraction of sp³-hybridized carbons (Fsp3) is 0.304. The largest absolute Gasteiger partial charge is 0.493 e. The third-order valence-corrected chi connectivity index (χ3v) is 5.31. The van der Waals surface area contributed by atoms with Gasteiger partial charge in [0.25, 0.3) is 0 Å². The zero-order valence-corrected chi connectivity index (χ0v) is 15.9. The van der Waals surface area contributed by atoms with Crippen molar-refractivity contribution in [2.24, 2.45) is 0 Å². The van der Waals surface area contributed by atoms with Gasteiger partial charge in [-0.05, 0) is 36.1 Å². The van der Waals surface area contributed by atoms with Gasteiger partial charge < -0.3 is 14.8 Å². The van der Waals surface area contributed by atoms with Gasteiger partial charge in [0.15, 0.2) is 17.3 Å². The fourth-order valence-electron chi connectivity index (χ4n) is 3.94. The Morgan fingerprint density at radius 3 is 2.64 bits per heavy atom. The highest BCUT2D eigenvalue weighted by atomic mass is 16.5. The van der Waals surface area contributed by atoms with E-state index in [1.807, 2.05) is 48.5 Å². The number of methoxy groups -OCH3 is 1. The van der Waals surface area contributed by atoms with Crippen LogP contribution in [0.1, 0.15) is 42.7 Å². The van der Waals surface area contributed by atoms with Gasteiger partial charge in [0, 0.05) is 30.0 Å². The van der Waals surface area contributed by atoms with Crippen molar-refractivity contribution in [1.82, 2.24) is 5.32 Å². The van der Waals surface area contributed by atoms with Crippen LogP contribution in [0.15, 0.2) is 59.8 Å². The Kier molecular flexibility index (Phi) is 5.15. The van der Waals surface area contributed by atoms with Crippen LogP contribution in [0.2, 0.25) is 0 Å². The summed E-state index contributed by atoms with van der Waals surface area (Å²) in [4.78, 5) is 24.7. The molecule has 28 heavy (non-hydrogen) atoms. The van der Waals surface area contributed by atoms with Crippen LogP contribution in [0.25, 0.3) is 0 Å². The summed E-state index contributed by atoms with van der Waals surface area (Å²) in [6.07, 6.45) is 2.36. The molecule has 1 atom stereocenters. The molecule has 4 rings (SSSR count). The van der Waals surface area contributed by atoms with Crippen LogP contribution < -0.4 is 14.8 Å². The van der Waals surface area contributed by atoms with Gasteiger partial charge in [-0.3, -0.25) is 9.59 Å². The van der Waals surface area contributed by atoms with Crippen LogP contribution in [-0.2, 0) is 16.2 Å². The minimum atomic E-state index is -0.228. The molecule has 0 aromatic heterocycles. The molecule has 2 aromatic rings. The molecule has 0 radical (unpaired) electrons. The number of carbonyl (C=O) groups excluding carboxylic acids is 2. The highest BCUT2D eigenvalue weighted by molar-refractivity contribution is 6.01. The van der Waals surface area contributed by atoms with Crippen LogP contribution in [0, 0.1) is 0 Å². The molecule has 0 saturated carbocycles. The Bertz CT molecular complexity index is 933. The molecular weight excluding hydrogens is 354 g/mol. The van der Waals surface area contributed by atoms with Gasteiger partial charge in [0.05, 0.1) is 7.11 Å². The van der Waals surface area contributed by atoms with Crippen LogP contribution in [0.4, 0.5) is 0 Å². The first-order valence-corrected chi connectivity index (χ1v) is 9.56. The van der Waals surface area contributed by atoms with Gasteiger partial charge in [-0.1, -0.05) is 36.4 Å². The van der Waals surface area contributed by atoms with Crippen LogP contribution in [0.3, 0.4) is 0 Å². The van der Waals surface area contributed by atoms with Crippen molar-refractivity contribution >= 4 is 11.7 Å². The smallest absolute Gasteiger partial charge is 0.225 e. The van der Waals surface area contributed by atoms with E-state index in [-0.39, 0.29) is 24.0 Å². The van der Waals surface area contributed by atoms with Gasteiger partial charge in [0.2, 0.25) is 5.91 Å². The molecule has 1 N–H and O–H groups in total. The highest BCUT2D eigenvalue weighted by Gasteiger charge is 2.35. The molecule has 0 fully saturated rings.